The van der Waals surface area contributed by atoms with Crippen LogP contribution in [0.15, 0.2) is 55.1 Å². The van der Waals surface area contributed by atoms with Crippen molar-refractivity contribution in [3.8, 4) is 22.5 Å². The van der Waals surface area contributed by atoms with Gasteiger partial charge < -0.3 is 15.1 Å². The fourth-order valence-corrected chi connectivity index (χ4v) is 4.07. The van der Waals surface area contributed by atoms with Crippen LogP contribution in [0.5, 0.6) is 0 Å². The average molecular weight is 416 g/mol. The minimum Gasteiger partial charge on any atom is -0.383 e. The average Bonchev–Trinajstić information content (AvgIpc) is 3.24. The number of H-pyrrole nitrogens is 1. The number of anilines is 1. The molecule has 5 heteroatoms. The van der Waals surface area contributed by atoms with Crippen LogP contribution < -0.4 is 10.2 Å². The largest absolute Gasteiger partial charge is 0.383 e. The molecule has 0 saturated carbocycles. The molecule has 0 unspecified atom stereocenters. The van der Waals surface area contributed by atoms with Crippen LogP contribution in [-0.2, 0) is 0 Å². The van der Waals surface area contributed by atoms with Crippen molar-refractivity contribution in [1.82, 2.24) is 20.4 Å². The normalized spacial score (nSPS) is 14.8. The van der Waals surface area contributed by atoms with E-state index in [1.807, 2.05) is 0 Å². The van der Waals surface area contributed by atoms with Crippen LogP contribution in [-0.4, -0.2) is 54.4 Å². The van der Waals surface area contributed by atoms with E-state index in [2.05, 4.69) is 108 Å². The van der Waals surface area contributed by atoms with E-state index in [0.29, 0.717) is 6.04 Å². The van der Waals surface area contributed by atoms with Crippen LogP contribution in [0.2, 0.25) is 0 Å². The standard InChI is InChI=1S/C26H33N5/c1-18(2)27-20(4)24-16-22(7-6-19(24)3)26-17-25(28-29-26)21-8-10-23(11-9-21)31-14-12-30(5)13-15-31/h6-11,16-18,27H,4,12-15H2,1-3,5H3,(H,28,29). The Morgan fingerprint density at radius 3 is 2.35 bits per heavy atom. The summed E-state index contributed by atoms with van der Waals surface area (Å²) < 4.78 is 0. The lowest BCUT2D eigenvalue weighted by atomic mass is 10.0. The minimum absolute atomic E-state index is 0.348. The lowest BCUT2D eigenvalue weighted by molar-refractivity contribution is 0.313. The smallest absolute Gasteiger partial charge is 0.0927 e. The molecule has 0 radical (unpaired) electrons. The summed E-state index contributed by atoms with van der Waals surface area (Å²) in [6.07, 6.45) is 0. The molecule has 1 aliphatic heterocycles. The van der Waals surface area contributed by atoms with Crippen LogP contribution in [0, 0.1) is 6.92 Å². The summed E-state index contributed by atoms with van der Waals surface area (Å²) in [5, 5.41) is 11.2. The van der Waals surface area contributed by atoms with Crippen LogP contribution in [0.25, 0.3) is 28.2 Å². The zero-order valence-electron chi connectivity index (χ0n) is 19.1. The quantitative estimate of drug-likeness (QED) is 0.609. The van der Waals surface area contributed by atoms with Gasteiger partial charge in [-0.25, -0.2) is 0 Å². The first kappa shape index (κ1) is 21.2. The summed E-state index contributed by atoms with van der Waals surface area (Å²) >= 11 is 0. The molecule has 162 valence electrons. The summed E-state index contributed by atoms with van der Waals surface area (Å²) in [5.41, 5.74) is 8.78. The molecule has 0 bridgehead atoms. The van der Waals surface area contributed by atoms with Crippen LogP contribution in [0.1, 0.15) is 25.0 Å². The zero-order valence-corrected chi connectivity index (χ0v) is 19.1. The highest BCUT2D eigenvalue weighted by molar-refractivity contribution is 5.74. The van der Waals surface area contributed by atoms with E-state index in [1.54, 1.807) is 0 Å². The fraction of sp³-hybridized carbons (Fsp3) is 0.346. The topological polar surface area (TPSA) is 47.2 Å². The second-order valence-electron chi connectivity index (χ2n) is 8.81. The van der Waals surface area contributed by atoms with Gasteiger partial charge in [-0.3, -0.25) is 5.10 Å². The van der Waals surface area contributed by atoms with E-state index in [-0.39, 0.29) is 0 Å². The zero-order chi connectivity index (χ0) is 22.0. The lowest BCUT2D eigenvalue weighted by Gasteiger charge is -2.34. The highest BCUT2D eigenvalue weighted by Gasteiger charge is 2.15. The molecule has 1 fully saturated rings. The highest BCUT2D eigenvalue weighted by Crippen LogP contribution is 2.28. The number of likely N-dealkylation sites (N-methyl/N-ethyl adjacent to an activating group) is 1. The van der Waals surface area contributed by atoms with Crippen LogP contribution in [0.4, 0.5) is 5.69 Å². The maximum Gasteiger partial charge on any atom is 0.0927 e. The van der Waals surface area contributed by atoms with Crippen molar-refractivity contribution in [3.05, 3.63) is 66.2 Å². The number of hydrogen-bond donors (Lipinski definition) is 2. The Labute approximate surface area is 185 Å². The van der Waals surface area contributed by atoms with E-state index in [9.17, 15) is 0 Å². The van der Waals surface area contributed by atoms with E-state index in [4.69, 9.17) is 0 Å². The molecule has 1 saturated heterocycles. The van der Waals surface area contributed by atoms with Crippen molar-refractivity contribution < 1.29 is 0 Å². The molecule has 31 heavy (non-hydrogen) atoms. The second kappa shape index (κ2) is 8.98. The molecule has 0 spiro atoms. The van der Waals surface area contributed by atoms with E-state index in [1.165, 1.54) is 11.3 Å². The molecule has 4 rings (SSSR count). The molecule has 3 aromatic rings. The van der Waals surface area contributed by atoms with Crippen LogP contribution >= 0.6 is 0 Å². The van der Waals surface area contributed by atoms with Gasteiger partial charge in [0.05, 0.1) is 11.4 Å². The van der Waals surface area contributed by atoms with Gasteiger partial charge in [0.15, 0.2) is 0 Å². The summed E-state index contributed by atoms with van der Waals surface area (Å²) in [4.78, 5) is 4.83. The number of aryl methyl sites for hydroxylation is 1. The molecule has 2 aromatic carbocycles. The predicted molar refractivity (Wildman–Crippen MR) is 131 cm³/mol. The molecule has 5 nitrogen and oxygen atoms in total. The summed E-state index contributed by atoms with van der Waals surface area (Å²) in [6.45, 7) is 15.0. The monoisotopic (exact) mass is 415 g/mol. The molecule has 2 heterocycles. The van der Waals surface area contributed by atoms with Crippen molar-refractivity contribution in [2.75, 3.05) is 38.1 Å². The van der Waals surface area contributed by atoms with Crippen molar-refractivity contribution in [1.29, 1.82) is 0 Å². The Hall–Kier alpha value is -3.05. The molecule has 0 atom stereocenters. The third-order valence-electron chi connectivity index (χ3n) is 5.95. The molecular weight excluding hydrogens is 382 g/mol. The number of rotatable bonds is 6. The van der Waals surface area contributed by atoms with Gasteiger partial charge in [0, 0.05) is 54.7 Å². The van der Waals surface area contributed by atoms with Crippen molar-refractivity contribution >= 4 is 11.4 Å². The third kappa shape index (κ3) is 4.83. The number of benzene rings is 2. The maximum atomic E-state index is 4.58. The van der Waals surface area contributed by atoms with Gasteiger partial charge in [0.25, 0.3) is 0 Å². The van der Waals surface area contributed by atoms with Gasteiger partial charge in [0.2, 0.25) is 0 Å². The molecule has 2 N–H and O–H groups in total. The third-order valence-corrected chi connectivity index (χ3v) is 5.95. The number of aromatic amines is 1. The van der Waals surface area contributed by atoms with Crippen LogP contribution in [0.3, 0.4) is 0 Å². The lowest BCUT2D eigenvalue weighted by Crippen LogP contribution is -2.44. The van der Waals surface area contributed by atoms with Crippen molar-refractivity contribution in [2.24, 2.45) is 0 Å². The number of hydrogen-bond acceptors (Lipinski definition) is 4. The van der Waals surface area contributed by atoms with Gasteiger partial charge in [-0.05, 0) is 63.2 Å². The molecule has 1 aliphatic rings. The maximum absolute atomic E-state index is 4.58. The van der Waals surface area contributed by atoms with Gasteiger partial charge in [-0.15, -0.1) is 0 Å². The van der Waals surface area contributed by atoms with Gasteiger partial charge in [0.1, 0.15) is 0 Å². The van der Waals surface area contributed by atoms with Gasteiger partial charge in [-0.1, -0.05) is 30.8 Å². The second-order valence-corrected chi connectivity index (χ2v) is 8.81. The first-order valence-electron chi connectivity index (χ1n) is 11.1. The number of nitrogens with zero attached hydrogens (tertiary/aromatic N) is 3. The minimum atomic E-state index is 0.348. The van der Waals surface area contributed by atoms with E-state index < -0.39 is 0 Å². The molecule has 0 aliphatic carbocycles. The number of nitrogens with one attached hydrogen (secondary N) is 2. The Morgan fingerprint density at radius 1 is 1.00 bits per heavy atom. The Morgan fingerprint density at radius 2 is 1.68 bits per heavy atom. The summed E-state index contributed by atoms with van der Waals surface area (Å²) in [7, 11) is 2.18. The van der Waals surface area contributed by atoms with Gasteiger partial charge in [-0.2, -0.15) is 5.10 Å². The Balaban J connectivity index is 1.52. The van der Waals surface area contributed by atoms with Crippen molar-refractivity contribution in [2.45, 2.75) is 26.8 Å². The first-order chi connectivity index (χ1) is 14.9. The summed E-state index contributed by atoms with van der Waals surface area (Å²) in [5.74, 6) is 0. The molecule has 1 aromatic heterocycles. The summed E-state index contributed by atoms with van der Waals surface area (Å²) in [6, 6.07) is 17.7. The van der Waals surface area contributed by atoms with E-state index >= 15 is 0 Å². The SMILES string of the molecule is C=C(NC(C)C)c1cc(-c2cc(-c3ccc(N4CCN(C)CC4)cc3)[nH]n2)ccc1C. The van der Waals surface area contributed by atoms with E-state index in [0.717, 1.165) is 60.0 Å². The Bertz CT molecular complexity index is 1040. The first-order valence-corrected chi connectivity index (χ1v) is 11.1. The fourth-order valence-electron chi connectivity index (χ4n) is 4.07. The molecular formula is C26H33N5. The highest BCUT2D eigenvalue weighted by atomic mass is 15.2. The number of aromatic nitrogens is 2. The predicted octanol–water partition coefficient (Wildman–Crippen LogP) is 4.77. The van der Waals surface area contributed by atoms with Crippen molar-refractivity contribution in [3.63, 3.8) is 0 Å². The Kier molecular flexibility index (Phi) is 6.14. The molecule has 0 amide bonds. The number of piperazine rings is 1. The van der Waals surface area contributed by atoms with Gasteiger partial charge >= 0.3 is 0 Å².